The lowest BCUT2D eigenvalue weighted by molar-refractivity contribution is 0.324. The molecule has 23 heavy (non-hydrogen) atoms. The number of hydrogen-bond donors (Lipinski definition) is 0. The highest BCUT2D eigenvalue weighted by molar-refractivity contribution is 5.72. The smallest absolute Gasteiger partial charge is 0.203 e. The normalized spacial score (nSPS) is 10.1. The van der Waals surface area contributed by atoms with Crippen molar-refractivity contribution in [1.29, 1.82) is 0 Å². The summed E-state index contributed by atoms with van der Waals surface area (Å²) in [5.41, 5.74) is 2.04. The Hall–Kier alpha value is -2.62. The molecule has 2 rings (SSSR count). The molecule has 0 fully saturated rings. The van der Waals surface area contributed by atoms with Crippen molar-refractivity contribution in [2.45, 2.75) is 7.43 Å². The molecule has 0 bridgehead atoms. The van der Waals surface area contributed by atoms with E-state index in [9.17, 15) is 0 Å². The average molecular weight is 316 g/mol. The van der Waals surface area contributed by atoms with Gasteiger partial charge in [0.15, 0.2) is 11.5 Å². The largest absolute Gasteiger partial charge is 0.497 e. The van der Waals surface area contributed by atoms with Crippen LogP contribution < -0.4 is 18.9 Å². The van der Waals surface area contributed by atoms with Crippen molar-refractivity contribution in [2.24, 2.45) is 0 Å². The molecule has 0 saturated heterocycles. The Labute approximate surface area is 138 Å². The van der Waals surface area contributed by atoms with Crippen LogP contribution in [0.5, 0.6) is 23.0 Å². The highest BCUT2D eigenvalue weighted by Crippen LogP contribution is 2.38. The molecule has 124 valence electrons. The highest BCUT2D eigenvalue weighted by atomic mass is 16.5. The molecule has 0 aromatic heterocycles. The predicted molar refractivity (Wildman–Crippen MR) is 94.8 cm³/mol. The van der Waals surface area contributed by atoms with Crippen molar-refractivity contribution in [3.8, 4) is 23.0 Å². The van der Waals surface area contributed by atoms with Crippen LogP contribution in [0, 0.1) is 0 Å². The zero-order chi connectivity index (χ0) is 15.9. The summed E-state index contributed by atoms with van der Waals surface area (Å²) in [5, 5.41) is 0. The number of ether oxygens (including phenoxy) is 4. The van der Waals surface area contributed by atoms with Crippen molar-refractivity contribution in [3.05, 3.63) is 47.5 Å². The second-order valence-electron chi connectivity index (χ2n) is 4.57. The highest BCUT2D eigenvalue weighted by Gasteiger charge is 2.11. The zero-order valence-corrected chi connectivity index (χ0v) is 13.3. The van der Waals surface area contributed by atoms with Gasteiger partial charge in [0.1, 0.15) is 5.75 Å². The fourth-order valence-electron chi connectivity index (χ4n) is 2.11. The molecule has 0 spiro atoms. The topological polar surface area (TPSA) is 36.9 Å². The Kier molecular flexibility index (Phi) is 7.00. The standard InChI is InChI=1S/C18H20O4.CH4/c1-19-15-9-7-13(8-10-15)5-6-14-11-16(20-2)18(22-4)17(12-14)21-3;/h5-12H,1-4H3;1H4/b6-5-;. The first-order chi connectivity index (χ1) is 10.7. The van der Waals surface area contributed by atoms with E-state index in [-0.39, 0.29) is 7.43 Å². The molecule has 2 aromatic carbocycles. The van der Waals surface area contributed by atoms with Crippen LogP contribution in [0.15, 0.2) is 36.4 Å². The molecule has 0 heterocycles. The van der Waals surface area contributed by atoms with Crippen molar-refractivity contribution in [1.82, 2.24) is 0 Å². The fraction of sp³-hybridized carbons (Fsp3) is 0.263. The summed E-state index contributed by atoms with van der Waals surface area (Å²) in [7, 11) is 6.45. The molecule has 2 aromatic rings. The van der Waals surface area contributed by atoms with E-state index in [1.165, 1.54) is 0 Å². The molecule has 4 heteroatoms. The van der Waals surface area contributed by atoms with E-state index in [4.69, 9.17) is 18.9 Å². The second kappa shape index (κ2) is 8.73. The van der Waals surface area contributed by atoms with Crippen LogP contribution in [0.2, 0.25) is 0 Å². The maximum atomic E-state index is 5.35. The van der Waals surface area contributed by atoms with Crippen LogP contribution in [0.3, 0.4) is 0 Å². The van der Waals surface area contributed by atoms with Gasteiger partial charge in [0.25, 0.3) is 0 Å². The Morgan fingerprint density at radius 1 is 0.652 bits per heavy atom. The third-order valence-corrected chi connectivity index (χ3v) is 3.27. The third-order valence-electron chi connectivity index (χ3n) is 3.27. The van der Waals surface area contributed by atoms with Crippen LogP contribution in [-0.4, -0.2) is 28.4 Å². The molecule has 0 unspecified atom stereocenters. The van der Waals surface area contributed by atoms with Crippen LogP contribution in [0.1, 0.15) is 18.6 Å². The summed E-state index contributed by atoms with van der Waals surface area (Å²) < 4.78 is 21.2. The quantitative estimate of drug-likeness (QED) is 0.734. The zero-order valence-electron chi connectivity index (χ0n) is 13.3. The Balaban J connectivity index is 0.00000264. The van der Waals surface area contributed by atoms with Gasteiger partial charge >= 0.3 is 0 Å². The first-order valence-electron chi connectivity index (χ1n) is 6.84. The number of rotatable bonds is 6. The maximum Gasteiger partial charge on any atom is 0.203 e. The van der Waals surface area contributed by atoms with Crippen molar-refractivity contribution >= 4 is 12.2 Å². The molecule has 0 aliphatic heterocycles. The van der Waals surface area contributed by atoms with Gasteiger partial charge in [-0.05, 0) is 35.4 Å². The van der Waals surface area contributed by atoms with Crippen molar-refractivity contribution < 1.29 is 18.9 Å². The van der Waals surface area contributed by atoms with E-state index in [1.54, 1.807) is 28.4 Å². The monoisotopic (exact) mass is 316 g/mol. The van der Waals surface area contributed by atoms with Crippen molar-refractivity contribution in [3.63, 3.8) is 0 Å². The fourth-order valence-corrected chi connectivity index (χ4v) is 2.11. The second-order valence-corrected chi connectivity index (χ2v) is 4.57. The van der Waals surface area contributed by atoms with Crippen LogP contribution >= 0.6 is 0 Å². The van der Waals surface area contributed by atoms with Gasteiger partial charge < -0.3 is 18.9 Å². The molecule has 4 nitrogen and oxygen atoms in total. The van der Waals surface area contributed by atoms with E-state index >= 15 is 0 Å². The van der Waals surface area contributed by atoms with E-state index < -0.39 is 0 Å². The molecule has 0 N–H and O–H groups in total. The van der Waals surface area contributed by atoms with Gasteiger partial charge in [-0.25, -0.2) is 0 Å². The van der Waals surface area contributed by atoms with E-state index in [0.29, 0.717) is 17.2 Å². The minimum Gasteiger partial charge on any atom is -0.497 e. The summed E-state index contributed by atoms with van der Waals surface area (Å²) >= 11 is 0. The van der Waals surface area contributed by atoms with Gasteiger partial charge in [-0.2, -0.15) is 0 Å². The summed E-state index contributed by atoms with van der Waals surface area (Å²) in [5.74, 6) is 2.70. The van der Waals surface area contributed by atoms with Crippen LogP contribution in [-0.2, 0) is 0 Å². The summed E-state index contributed by atoms with van der Waals surface area (Å²) in [6.45, 7) is 0. The van der Waals surface area contributed by atoms with E-state index in [2.05, 4.69) is 0 Å². The molecule has 0 atom stereocenters. The lowest BCUT2D eigenvalue weighted by Gasteiger charge is -2.12. The van der Waals surface area contributed by atoms with Gasteiger partial charge in [0.05, 0.1) is 28.4 Å². The summed E-state index contributed by atoms with van der Waals surface area (Å²) in [6, 6.07) is 11.6. The summed E-state index contributed by atoms with van der Waals surface area (Å²) in [4.78, 5) is 0. The van der Waals surface area contributed by atoms with Crippen LogP contribution in [0.25, 0.3) is 12.2 Å². The Bertz CT molecular complexity index is 620. The SMILES string of the molecule is C.COc1ccc(/C=C\c2cc(OC)c(OC)c(OC)c2)cc1. The Morgan fingerprint density at radius 3 is 1.61 bits per heavy atom. The lowest BCUT2D eigenvalue weighted by atomic mass is 10.1. The van der Waals surface area contributed by atoms with Gasteiger partial charge in [0, 0.05) is 0 Å². The molecule has 0 aliphatic rings. The molecule has 0 radical (unpaired) electrons. The minimum absolute atomic E-state index is 0. The first-order valence-corrected chi connectivity index (χ1v) is 6.84. The van der Waals surface area contributed by atoms with Gasteiger partial charge in [-0.3, -0.25) is 0 Å². The third kappa shape index (κ3) is 4.42. The molecular weight excluding hydrogens is 292 g/mol. The molecule has 0 amide bonds. The predicted octanol–water partition coefficient (Wildman–Crippen LogP) is 4.53. The Morgan fingerprint density at radius 2 is 1.17 bits per heavy atom. The molecular formula is C19H24O4. The number of benzene rings is 2. The van der Waals surface area contributed by atoms with E-state index in [1.807, 2.05) is 48.6 Å². The number of hydrogen-bond acceptors (Lipinski definition) is 4. The van der Waals surface area contributed by atoms with Gasteiger partial charge in [-0.15, -0.1) is 0 Å². The van der Waals surface area contributed by atoms with Crippen molar-refractivity contribution in [2.75, 3.05) is 28.4 Å². The molecule has 0 aliphatic carbocycles. The average Bonchev–Trinajstić information content (AvgIpc) is 2.59. The molecule has 0 saturated carbocycles. The number of methoxy groups -OCH3 is 4. The van der Waals surface area contributed by atoms with Crippen LogP contribution in [0.4, 0.5) is 0 Å². The van der Waals surface area contributed by atoms with Gasteiger partial charge in [-0.1, -0.05) is 31.7 Å². The summed E-state index contributed by atoms with van der Waals surface area (Å²) in [6.07, 6.45) is 4.01. The minimum atomic E-state index is 0. The maximum absolute atomic E-state index is 5.35. The van der Waals surface area contributed by atoms with Gasteiger partial charge in [0.2, 0.25) is 5.75 Å². The first kappa shape index (κ1) is 18.4. The lowest BCUT2D eigenvalue weighted by Crippen LogP contribution is -1.95. The van der Waals surface area contributed by atoms with E-state index in [0.717, 1.165) is 16.9 Å².